The zero-order chi connectivity index (χ0) is 30.4. The smallest absolute Gasteiger partial charge is 0.0636 e. The van der Waals surface area contributed by atoms with Crippen LogP contribution in [0.4, 0.5) is 11.4 Å². The van der Waals surface area contributed by atoms with Crippen molar-refractivity contribution >= 4 is 22.8 Å². The maximum Gasteiger partial charge on any atom is 0.0636 e. The molecule has 2 aromatic carbocycles. The minimum Gasteiger partial charge on any atom is -0.252 e. The SMILES string of the molecule is CCCCCCC(=N\c1ccc(CCCC)c(CCCC)c1)/C(CCCC)=N/c1ccc(CCCC)c(CCCC)c1.[Pd]. The molecule has 0 fully saturated rings. The van der Waals surface area contributed by atoms with Gasteiger partial charge >= 0.3 is 0 Å². The van der Waals surface area contributed by atoms with Crippen LogP contribution in [0.15, 0.2) is 46.4 Å². The fourth-order valence-electron chi connectivity index (χ4n) is 5.69. The molecule has 0 aliphatic heterocycles. The summed E-state index contributed by atoms with van der Waals surface area (Å²) in [6.45, 7) is 13.7. The normalized spacial score (nSPS) is 12.0. The predicted octanol–water partition coefficient (Wildman–Crippen LogP) is 13.1. The molecule has 0 N–H and O–H groups in total. The molecule has 0 aliphatic rings. The van der Waals surface area contributed by atoms with E-state index in [4.69, 9.17) is 9.98 Å². The van der Waals surface area contributed by atoms with Gasteiger partial charge in [0.2, 0.25) is 0 Å². The van der Waals surface area contributed by atoms with E-state index in [1.807, 2.05) is 0 Å². The number of unbranched alkanes of at least 4 members (excludes halogenated alkanes) is 8. The van der Waals surface area contributed by atoms with Crippen LogP contribution in [0.1, 0.15) is 167 Å². The predicted molar refractivity (Wildman–Crippen MR) is 190 cm³/mol. The van der Waals surface area contributed by atoms with E-state index in [9.17, 15) is 0 Å². The molecule has 2 rings (SSSR count). The van der Waals surface area contributed by atoms with Gasteiger partial charge in [-0.05, 0) is 124 Å². The Kier molecular flexibility index (Phi) is 22.7. The molecule has 0 bridgehead atoms. The minimum absolute atomic E-state index is 0. The quantitative estimate of drug-likeness (QED) is 0.0635. The molecular weight excluding hydrogens is 615 g/mol. The molecule has 2 nitrogen and oxygen atoms in total. The largest absolute Gasteiger partial charge is 0.252 e. The Morgan fingerprint density at radius 1 is 0.419 bits per heavy atom. The standard InChI is InChI=1S/C40H64N2.Pd/c1-7-13-19-20-26-40(42-38-30-28-34(22-15-9-3)36(32-38)24-17-11-5)39(25-18-12-6)41-37-29-27-33(21-14-8-2)35(31-37)23-16-10-4;/h27-32H,7-26H2,1-6H3;/b41-39+,42-40+;. The van der Waals surface area contributed by atoms with Gasteiger partial charge in [-0.2, -0.15) is 0 Å². The van der Waals surface area contributed by atoms with Crippen molar-refractivity contribution in [1.29, 1.82) is 0 Å². The minimum atomic E-state index is 0. The molecule has 0 unspecified atom stereocenters. The molecule has 0 amide bonds. The Hall–Kier alpha value is -1.56. The molecule has 0 aliphatic carbocycles. The Morgan fingerprint density at radius 3 is 1.19 bits per heavy atom. The van der Waals surface area contributed by atoms with E-state index in [1.54, 1.807) is 0 Å². The maximum absolute atomic E-state index is 5.41. The third kappa shape index (κ3) is 15.3. The van der Waals surface area contributed by atoms with Crippen LogP contribution in [0.3, 0.4) is 0 Å². The zero-order valence-electron chi connectivity index (χ0n) is 28.8. The van der Waals surface area contributed by atoms with Crippen molar-refractivity contribution in [3.8, 4) is 0 Å². The molecule has 0 spiro atoms. The summed E-state index contributed by atoms with van der Waals surface area (Å²) in [7, 11) is 0. The fourth-order valence-corrected chi connectivity index (χ4v) is 5.69. The Balaban J connectivity index is 0.00000924. The summed E-state index contributed by atoms with van der Waals surface area (Å²) in [5.74, 6) is 0. The number of benzene rings is 2. The summed E-state index contributed by atoms with van der Waals surface area (Å²) in [4.78, 5) is 10.8. The van der Waals surface area contributed by atoms with Gasteiger partial charge in [-0.25, -0.2) is 0 Å². The van der Waals surface area contributed by atoms with Crippen molar-refractivity contribution in [2.24, 2.45) is 9.98 Å². The Bertz CT molecular complexity index is 1070. The van der Waals surface area contributed by atoms with Crippen LogP contribution in [-0.4, -0.2) is 11.4 Å². The van der Waals surface area contributed by atoms with E-state index >= 15 is 0 Å². The first-order chi connectivity index (χ1) is 20.6. The van der Waals surface area contributed by atoms with Crippen molar-refractivity contribution in [3.63, 3.8) is 0 Å². The molecule has 0 radical (unpaired) electrons. The number of hydrogen-bond acceptors (Lipinski definition) is 2. The van der Waals surface area contributed by atoms with Gasteiger partial charge in [0.05, 0.1) is 22.8 Å². The average molecular weight is 679 g/mol. The van der Waals surface area contributed by atoms with Gasteiger partial charge in [0.15, 0.2) is 0 Å². The van der Waals surface area contributed by atoms with Crippen LogP contribution in [-0.2, 0) is 46.1 Å². The van der Waals surface area contributed by atoms with Crippen molar-refractivity contribution in [1.82, 2.24) is 0 Å². The van der Waals surface area contributed by atoms with Gasteiger partial charge in [-0.3, -0.25) is 9.98 Å². The number of rotatable bonds is 23. The third-order valence-corrected chi connectivity index (χ3v) is 8.47. The first-order valence-electron chi connectivity index (χ1n) is 18.0. The van der Waals surface area contributed by atoms with E-state index in [0.29, 0.717) is 0 Å². The molecule has 0 atom stereocenters. The van der Waals surface area contributed by atoms with E-state index in [2.05, 4.69) is 77.9 Å². The van der Waals surface area contributed by atoms with Crippen LogP contribution in [0.25, 0.3) is 0 Å². The van der Waals surface area contributed by atoms with Gasteiger partial charge in [0.1, 0.15) is 0 Å². The van der Waals surface area contributed by atoms with Crippen molar-refractivity contribution < 1.29 is 20.4 Å². The number of nitrogens with zero attached hydrogens (tertiary/aromatic N) is 2. The van der Waals surface area contributed by atoms with Gasteiger partial charge in [0.25, 0.3) is 0 Å². The monoisotopic (exact) mass is 678 g/mol. The van der Waals surface area contributed by atoms with Gasteiger partial charge in [0, 0.05) is 20.4 Å². The maximum atomic E-state index is 5.41. The van der Waals surface area contributed by atoms with Gasteiger partial charge in [-0.15, -0.1) is 0 Å². The van der Waals surface area contributed by atoms with Crippen LogP contribution in [0, 0.1) is 0 Å². The molecule has 43 heavy (non-hydrogen) atoms. The average Bonchev–Trinajstić information content (AvgIpc) is 3.01. The second-order valence-corrected chi connectivity index (χ2v) is 12.4. The molecule has 0 aromatic heterocycles. The summed E-state index contributed by atoms with van der Waals surface area (Å²) >= 11 is 0. The van der Waals surface area contributed by atoms with Crippen LogP contribution in [0.2, 0.25) is 0 Å². The Morgan fingerprint density at radius 2 is 0.791 bits per heavy atom. The molecule has 3 heteroatoms. The topological polar surface area (TPSA) is 24.7 Å². The van der Waals surface area contributed by atoms with E-state index < -0.39 is 0 Å². The summed E-state index contributed by atoms with van der Waals surface area (Å²) in [6, 6.07) is 14.1. The van der Waals surface area contributed by atoms with E-state index in [0.717, 1.165) is 43.5 Å². The third-order valence-electron chi connectivity index (χ3n) is 8.47. The van der Waals surface area contributed by atoms with Crippen molar-refractivity contribution in [2.75, 3.05) is 0 Å². The summed E-state index contributed by atoms with van der Waals surface area (Å²) < 4.78 is 0. The van der Waals surface area contributed by atoms with E-state index in [-0.39, 0.29) is 20.4 Å². The van der Waals surface area contributed by atoms with Gasteiger partial charge in [-0.1, -0.05) is 105 Å². The fraction of sp³-hybridized carbons (Fsp3) is 0.650. The molecule has 0 saturated heterocycles. The summed E-state index contributed by atoms with van der Waals surface area (Å²) in [5, 5.41) is 0. The van der Waals surface area contributed by atoms with Crippen molar-refractivity contribution in [3.05, 3.63) is 58.7 Å². The van der Waals surface area contributed by atoms with Gasteiger partial charge < -0.3 is 0 Å². The first kappa shape index (κ1) is 39.5. The zero-order valence-corrected chi connectivity index (χ0v) is 30.4. The number of hydrogen-bond donors (Lipinski definition) is 0. The van der Waals surface area contributed by atoms with Crippen LogP contribution < -0.4 is 0 Å². The molecule has 0 saturated carbocycles. The second-order valence-electron chi connectivity index (χ2n) is 12.4. The molecule has 244 valence electrons. The van der Waals surface area contributed by atoms with Crippen molar-refractivity contribution in [2.45, 2.75) is 170 Å². The number of aryl methyl sites for hydroxylation is 4. The molecule has 0 heterocycles. The number of aliphatic imine (C=N–C) groups is 2. The second kappa shape index (κ2) is 24.7. The molecule has 2 aromatic rings. The first-order valence-corrected chi connectivity index (χ1v) is 18.0. The van der Waals surface area contributed by atoms with E-state index in [1.165, 1.54) is 130 Å². The summed E-state index contributed by atoms with van der Waals surface area (Å²) in [5.41, 5.74) is 10.7. The van der Waals surface area contributed by atoms with Crippen LogP contribution in [0.5, 0.6) is 0 Å². The Labute approximate surface area is 280 Å². The molecular formula is C40H64N2Pd. The van der Waals surface area contributed by atoms with Crippen LogP contribution >= 0.6 is 0 Å². The summed E-state index contributed by atoms with van der Waals surface area (Å²) in [6.07, 6.45) is 24.0.